The summed E-state index contributed by atoms with van der Waals surface area (Å²) in [7, 11) is 0. The quantitative estimate of drug-likeness (QED) is 0.496. The molecule has 1 aliphatic heterocycles. The molecule has 1 atom stereocenters. The van der Waals surface area contributed by atoms with Gasteiger partial charge in [-0.25, -0.2) is 0 Å². The van der Waals surface area contributed by atoms with Gasteiger partial charge in [0.2, 0.25) is 5.91 Å². The molecule has 7 heteroatoms. The first-order valence-corrected chi connectivity index (χ1v) is 8.80. The van der Waals surface area contributed by atoms with Crippen molar-refractivity contribution in [2.75, 3.05) is 0 Å². The van der Waals surface area contributed by atoms with Crippen LogP contribution in [0.4, 0.5) is 0 Å². The lowest BCUT2D eigenvalue weighted by atomic mass is 10.1. The molecule has 0 bridgehead atoms. The van der Waals surface area contributed by atoms with Gasteiger partial charge >= 0.3 is 0 Å². The van der Waals surface area contributed by atoms with Crippen LogP contribution in [0.2, 0.25) is 5.02 Å². The number of nitrogens with one attached hydrogen (secondary N) is 1. The van der Waals surface area contributed by atoms with Crippen molar-refractivity contribution < 1.29 is 9.59 Å². The van der Waals surface area contributed by atoms with Crippen molar-refractivity contribution in [2.24, 2.45) is 10.2 Å². The van der Waals surface area contributed by atoms with Crippen LogP contribution in [0.1, 0.15) is 22.3 Å². The van der Waals surface area contributed by atoms with E-state index in [1.807, 2.05) is 18.2 Å². The fraction of sp³-hybridized carbons (Fsp3) is 0.111. The van der Waals surface area contributed by atoms with Crippen molar-refractivity contribution in [2.45, 2.75) is 11.7 Å². The molecule has 1 heterocycles. The summed E-state index contributed by atoms with van der Waals surface area (Å²) in [6.07, 6.45) is 1.69. The molecule has 3 rings (SSSR count). The van der Waals surface area contributed by atoms with E-state index in [9.17, 15) is 9.59 Å². The summed E-state index contributed by atoms with van der Waals surface area (Å²) in [5.74, 6) is -0.297. The van der Waals surface area contributed by atoms with Gasteiger partial charge in [-0.3, -0.25) is 9.59 Å². The number of ketones is 1. The number of halogens is 1. The van der Waals surface area contributed by atoms with Crippen LogP contribution in [-0.2, 0) is 4.79 Å². The molecule has 2 aromatic carbocycles. The van der Waals surface area contributed by atoms with E-state index in [0.717, 1.165) is 5.56 Å². The van der Waals surface area contributed by atoms with Gasteiger partial charge in [-0.15, -0.1) is 5.10 Å². The van der Waals surface area contributed by atoms with E-state index in [-0.39, 0.29) is 18.1 Å². The predicted molar refractivity (Wildman–Crippen MR) is 101 cm³/mol. The van der Waals surface area contributed by atoms with Gasteiger partial charge in [0.05, 0.1) is 11.5 Å². The summed E-state index contributed by atoms with van der Waals surface area (Å²) < 4.78 is 0. The Labute approximate surface area is 154 Å². The standard InChI is InChI=1S/C18H14ClN3O2S/c19-14-8-6-12(7-9-14)11-20-22-18-21-17(24)16(25-18)10-15(23)13-4-2-1-3-5-13/h1-9,11,16H,10H2,(H,21,22,24). The minimum Gasteiger partial charge on any atom is -0.303 e. The number of carbonyl (C=O) groups excluding carboxylic acids is 2. The van der Waals surface area contributed by atoms with E-state index in [1.165, 1.54) is 11.8 Å². The number of Topliss-reactive ketones (excluding diaryl/α,β-unsaturated/α-hetero) is 1. The third-order valence-electron chi connectivity index (χ3n) is 3.47. The van der Waals surface area contributed by atoms with Crippen LogP contribution in [0.5, 0.6) is 0 Å². The molecule has 0 aliphatic carbocycles. The Bertz CT molecular complexity index is 835. The molecule has 0 saturated carbocycles. The van der Waals surface area contributed by atoms with Crippen LogP contribution in [0.15, 0.2) is 64.8 Å². The first-order valence-electron chi connectivity index (χ1n) is 7.54. The van der Waals surface area contributed by atoms with Gasteiger partial charge in [0.1, 0.15) is 0 Å². The van der Waals surface area contributed by atoms with E-state index in [0.29, 0.717) is 15.8 Å². The number of benzene rings is 2. The van der Waals surface area contributed by atoms with Crippen LogP contribution in [0, 0.1) is 0 Å². The number of hydrogen-bond donors (Lipinski definition) is 1. The third-order valence-corrected chi connectivity index (χ3v) is 4.79. The lowest BCUT2D eigenvalue weighted by Crippen LogP contribution is -2.26. The number of amides is 1. The first kappa shape index (κ1) is 17.4. The smallest absolute Gasteiger partial charge is 0.240 e. The highest BCUT2D eigenvalue weighted by Gasteiger charge is 2.32. The van der Waals surface area contributed by atoms with Gasteiger partial charge in [0, 0.05) is 17.0 Å². The van der Waals surface area contributed by atoms with Crippen molar-refractivity contribution in [3.63, 3.8) is 0 Å². The normalized spacial score (nSPS) is 18.7. The third kappa shape index (κ3) is 4.78. The fourth-order valence-electron chi connectivity index (χ4n) is 2.19. The zero-order valence-corrected chi connectivity index (χ0v) is 14.6. The van der Waals surface area contributed by atoms with Gasteiger partial charge < -0.3 is 5.32 Å². The second-order valence-electron chi connectivity index (χ2n) is 5.29. The molecule has 0 radical (unpaired) electrons. The van der Waals surface area contributed by atoms with E-state index in [2.05, 4.69) is 15.5 Å². The first-order chi connectivity index (χ1) is 12.1. The second-order valence-corrected chi connectivity index (χ2v) is 6.92. The molecule has 0 spiro atoms. The largest absolute Gasteiger partial charge is 0.303 e. The van der Waals surface area contributed by atoms with Crippen LogP contribution in [0.25, 0.3) is 0 Å². The van der Waals surface area contributed by atoms with Crippen LogP contribution >= 0.6 is 23.4 Å². The van der Waals surface area contributed by atoms with Gasteiger partial charge in [0.25, 0.3) is 0 Å². The molecule has 1 unspecified atom stereocenters. The number of hydrogen-bond acceptors (Lipinski definition) is 5. The predicted octanol–water partition coefficient (Wildman–Crippen LogP) is 3.53. The summed E-state index contributed by atoms with van der Waals surface area (Å²) >= 11 is 7.03. The molecule has 2 aromatic rings. The lowest BCUT2D eigenvalue weighted by molar-refractivity contribution is -0.118. The highest BCUT2D eigenvalue weighted by Crippen LogP contribution is 2.24. The zero-order chi connectivity index (χ0) is 17.6. The molecule has 1 saturated heterocycles. The average Bonchev–Trinajstić information content (AvgIpc) is 2.97. The number of rotatable bonds is 5. The Kier molecular flexibility index (Phi) is 5.63. The Balaban J connectivity index is 1.60. The molecule has 25 heavy (non-hydrogen) atoms. The van der Waals surface area contributed by atoms with Crippen molar-refractivity contribution in [3.05, 3.63) is 70.7 Å². The minimum atomic E-state index is -0.489. The molecular formula is C18H14ClN3O2S. The van der Waals surface area contributed by atoms with E-state index in [4.69, 9.17) is 11.6 Å². The average molecular weight is 372 g/mol. The van der Waals surface area contributed by atoms with E-state index >= 15 is 0 Å². The van der Waals surface area contributed by atoms with Crippen LogP contribution in [0.3, 0.4) is 0 Å². The topological polar surface area (TPSA) is 70.9 Å². The molecule has 0 aromatic heterocycles. The molecule has 1 amide bonds. The lowest BCUT2D eigenvalue weighted by Gasteiger charge is -2.04. The van der Waals surface area contributed by atoms with Crippen molar-refractivity contribution in [3.8, 4) is 0 Å². The monoisotopic (exact) mass is 371 g/mol. The Morgan fingerprint density at radius 2 is 1.88 bits per heavy atom. The summed E-state index contributed by atoms with van der Waals surface area (Å²) in [4.78, 5) is 24.2. The summed E-state index contributed by atoms with van der Waals surface area (Å²) in [5.41, 5.74) is 1.45. The highest BCUT2D eigenvalue weighted by molar-refractivity contribution is 8.15. The molecule has 5 nitrogen and oxygen atoms in total. The maximum Gasteiger partial charge on any atom is 0.240 e. The molecule has 1 fully saturated rings. The van der Waals surface area contributed by atoms with Gasteiger partial charge in [-0.05, 0) is 17.7 Å². The summed E-state index contributed by atoms with van der Waals surface area (Å²) in [6, 6.07) is 16.1. The van der Waals surface area contributed by atoms with Gasteiger partial charge in [-0.1, -0.05) is 65.8 Å². The van der Waals surface area contributed by atoms with Crippen LogP contribution < -0.4 is 5.32 Å². The summed E-state index contributed by atoms with van der Waals surface area (Å²) in [5, 5.41) is 11.1. The van der Waals surface area contributed by atoms with Crippen LogP contribution in [-0.4, -0.2) is 28.3 Å². The maximum atomic E-state index is 12.2. The number of thioether (sulfide) groups is 1. The minimum absolute atomic E-state index is 0.0702. The molecule has 126 valence electrons. The number of carbonyl (C=O) groups is 2. The molecule has 1 aliphatic rings. The van der Waals surface area contributed by atoms with E-state index in [1.54, 1.807) is 42.6 Å². The van der Waals surface area contributed by atoms with Crippen molar-refractivity contribution in [1.82, 2.24) is 5.32 Å². The van der Waals surface area contributed by atoms with Gasteiger partial charge in [0.15, 0.2) is 11.0 Å². The number of nitrogens with zero attached hydrogens (tertiary/aromatic N) is 2. The zero-order valence-electron chi connectivity index (χ0n) is 13.1. The Morgan fingerprint density at radius 1 is 1.16 bits per heavy atom. The molecule has 1 N–H and O–H groups in total. The fourth-order valence-corrected chi connectivity index (χ4v) is 3.24. The second kappa shape index (κ2) is 8.09. The van der Waals surface area contributed by atoms with Gasteiger partial charge in [-0.2, -0.15) is 5.10 Å². The summed E-state index contributed by atoms with van der Waals surface area (Å²) in [6.45, 7) is 0. The van der Waals surface area contributed by atoms with Crippen molar-refractivity contribution in [1.29, 1.82) is 0 Å². The Morgan fingerprint density at radius 3 is 2.60 bits per heavy atom. The van der Waals surface area contributed by atoms with E-state index < -0.39 is 5.25 Å². The number of amidine groups is 1. The molecular weight excluding hydrogens is 358 g/mol. The maximum absolute atomic E-state index is 12.2. The van der Waals surface area contributed by atoms with Crippen molar-refractivity contribution >= 4 is 46.4 Å². The SMILES string of the molecule is O=C(CC1SC(=NN=Cc2ccc(Cl)cc2)NC1=O)c1ccccc1. The highest BCUT2D eigenvalue weighted by atomic mass is 35.5. The Hall–Kier alpha value is -2.44.